The van der Waals surface area contributed by atoms with Crippen molar-refractivity contribution >= 4 is 38.2 Å². The standard InChI is InChI=1S/C33H40BrFN6O/c1-21(2)33(35)18-32(33,19-39(3)4)20-42-31-37-27-17-40(28-10-6-8-22-7-5-9-26(34)29(22)28)14-13-25(27)30(38-31)41-15-23-11-12-24(16-41)36-23/h5-10,23-24,36H,1,11-20H2,2-4H3. The van der Waals surface area contributed by atoms with Gasteiger partial charge in [-0.3, -0.25) is 0 Å². The van der Waals surface area contributed by atoms with Crippen LogP contribution in [0.4, 0.5) is 15.9 Å². The number of hydrogen-bond acceptors (Lipinski definition) is 7. The van der Waals surface area contributed by atoms with Gasteiger partial charge in [0.15, 0.2) is 0 Å². The summed E-state index contributed by atoms with van der Waals surface area (Å²) in [4.78, 5) is 17.0. The average molecular weight is 636 g/mol. The van der Waals surface area contributed by atoms with E-state index in [-0.39, 0.29) is 6.61 Å². The van der Waals surface area contributed by atoms with Crippen molar-refractivity contribution in [3.05, 3.63) is 64.3 Å². The van der Waals surface area contributed by atoms with Gasteiger partial charge in [0.25, 0.3) is 0 Å². The number of hydrogen-bond donors (Lipinski definition) is 1. The first-order valence-electron chi connectivity index (χ1n) is 15.1. The summed E-state index contributed by atoms with van der Waals surface area (Å²) in [6.45, 7) is 9.98. The molecular weight excluding hydrogens is 595 g/mol. The van der Waals surface area contributed by atoms with Gasteiger partial charge in [0.1, 0.15) is 18.1 Å². The van der Waals surface area contributed by atoms with Crippen LogP contribution in [0, 0.1) is 5.41 Å². The van der Waals surface area contributed by atoms with Crippen molar-refractivity contribution in [2.45, 2.75) is 56.9 Å². The highest BCUT2D eigenvalue weighted by Gasteiger charge is 2.70. The van der Waals surface area contributed by atoms with Gasteiger partial charge in [0, 0.05) is 59.4 Å². The normalized spacial score (nSPS) is 28.3. The molecule has 4 unspecified atom stereocenters. The summed E-state index contributed by atoms with van der Waals surface area (Å²) >= 11 is 3.79. The van der Waals surface area contributed by atoms with Gasteiger partial charge in [-0.15, -0.1) is 0 Å². The number of aromatic nitrogens is 2. The summed E-state index contributed by atoms with van der Waals surface area (Å²) in [5, 5.41) is 6.16. The molecule has 1 aromatic heterocycles. The van der Waals surface area contributed by atoms with E-state index in [0.29, 0.717) is 43.2 Å². The Bertz CT molecular complexity index is 1530. The highest BCUT2D eigenvalue weighted by atomic mass is 79.9. The second kappa shape index (κ2) is 10.5. The topological polar surface area (TPSA) is 56.8 Å². The number of anilines is 2. The molecule has 2 aromatic carbocycles. The van der Waals surface area contributed by atoms with Gasteiger partial charge in [-0.1, -0.05) is 46.8 Å². The summed E-state index contributed by atoms with van der Waals surface area (Å²) in [5.41, 5.74) is 1.91. The Morgan fingerprint density at radius 2 is 1.88 bits per heavy atom. The minimum Gasteiger partial charge on any atom is -0.463 e. The van der Waals surface area contributed by atoms with Crippen LogP contribution < -0.4 is 19.9 Å². The number of alkyl halides is 1. The van der Waals surface area contributed by atoms with Crippen molar-refractivity contribution < 1.29 is 9.13 Å². The van der Waals surface area contributed by atoms with Crippen molar-refractivity contribution in [2.24, 2.45) is 5.41 Å². The first-order valence-corrected chi connectivity index (χ1v) is 15.9. The lowest BCUT2D eigenvalue weighted by Gasteiger charge is -2.37. The van der Waals surface area contributed by atoms with Gasteiger partial charge in [0.05, 0.1) is 17.7 Å². The summed E-state index contributed by atoms with van der Waals surface area (Å²) in [7, 11) is 3.96. The van der Waals surface area contributed by atoms with Crippen LogP contribution in [0.1, 0.15) is 37.4 Å². The van der Waals surface area contributed by atoms with Crippen LogP contribution in [-0.4, -0.2) is 79.5 Å². The molecule has 9 heteroatoms. The van der Waals surface area contributed by atoms with Crippen molar-refractivity contribution in [3.8, 4) is 6.01 Å². The van der Waals surface area contributed by atoms with Crippen molar-refractivity contribution in [2.75, 3.05) is 56.7 Å². The maximum atomic E-state index is 15.9. The van der Waals surface area contributed by atoms with E-state index in [1.807, 2.05) is 19.0 Å². The number of rotatable bonds is 8. The van der Waals surface area contributed by atoms with Crippen LogP contribution in [0.3, 0.4) is 0 Å². The number of piperazine rings is 1. The Balaban J connectivity index is 1.23. The Morgan fingerprint density at radius 1 is 1.14 bits per heavy atom. The Hall–Kier alpha value is -2.75. The van der Waals surface area contributed by atoms with Gasteiger partial charge < -0.3 is 24.8 Å². The lowest BCUT2D eigenvalue weighted by atomic mass is 9.99. The lowest BCUT2D eigenvalue weighted by molar-refractivity contribution is 0.133. The monoisotopic (exact) mass is 634 g/mol. The van der Waals surface area contributed by atoms with Gasteiger partial charge in [-0.05, 0) is 69.8 Å². The number of fused-ring (bicyclic) bond motifs is 4. The Labute approximate surface area is 256 Å². The lowest BCUT2D eigenvalue weighted by Crippen LogP contribution is -2.52. The molecule has 7 rings (SSSR count). The highest BCUT2D eigenvalue weighted by Crippen LogP contribution is 2.63. The SMILES string of the molecule is C=C(C)C1(F)CC1(COc1nc2c(c(N3CC4CCC(C3)N4)n1)CCN(c1cccc3cccc(Br)c13)C2)CN(C)C. The fourth-order valence-corrected chi connectivity index (χ4v) is 8.24. The molecule has 0 amide bonds. The van der Waals surface area contributed by atoms with Crippen molar-refractivity contribution in [3.63, 3.8) is 0 Å². The zero-order chi connectivity index (χ0) is 29.2. The summed E-state index contributed by atoms with van der Waals surface area (Å²) in [5.74, 6) is 0.996. The van der Waals surface area contributed by atoms with E-state index in [4.69, 9.17) is 14.7 Å². The van der Waals surface area contributed by atoms with Gasteiger partial charge in [0.2, 0.25) is 0 Å². The minimum atomic E-state index is -1.43. The van der Waals surface area contributed by atoms with E-state index in [1.165, 1.54) is 34.9 Å². The third kappa shape index (κ3) is 4.77. The maximum absolute atomic E-state index is 15.9. The molecule has 4 atom stereocenters. The molecule has 3 aliphatic heterocycles. The fourth-order valence-electron chi connectivity index (χ4n) is 7.66. The van der Waals surface area contributed by atoms with Crippen LogP contribution in [-0.2, 0) is 13.0 Å². The molecule has 3 aromatic rings. The number of nitrogens with one attached hydrogen (secondary N) is 1. The number of ether oxygens (including phenoxy) is 1. The molecule has 0 spiro atoms. The Morgan fingerprint density at radius 3 is 2.57 bits per heavy atom. The zero-order valence-corrected chi connectivity index (χ0v) is 26.4. The van der Waals surface area contributed by atoms with Crippen LogP contribution in [0.5, 0.6) is 6.01 Å². The van der Waals surface area contributed by atoms with Gasteiger partial charge >= 0.3 is 6.01 Å². The smallest absolute Gasteiger partial charge is 0.318 e. The predicted octanol–water partition coefficient (Wildman–Crippen LogP) is 5.51. The molecule has 0 radical (unpaired) electrons. The number of halogens is 2. The quantitative estimate of drug-likeness (QED) is 0.328. The average Bonchev–Trinajstić information content (AvgIpc) is 3.42. The third-order valence-corrected chi connectivity index (χ3v) is 10.4. The van der Waals surface area contributed by atoms with E-state index >= 15 is 4.39 Å². The molecule has 4 aliphatic rings. The van der Waals surface area contributed by atoms with Crippen LogP contribution in [0.25, 0.3) is 10.8 Å². The Kier molecular flexibility index (Phi) is 6.98. The molecule has 2 saturated heterocycles. The number of benzene rings is 2. The molecule has 7 nitrogen and oxygen atoms in total. The molecule has 42 heavy (non-hydrogen) atoms. The predicted molar refractivity (Wildman–Crippen MR) is 170 cm³/mol. The minimum absolute atomic E-state index is 0.222. The second-order valence-corrected chi connectivity index (χ2v) is 14.0. The molecule has 2 bridgehead atoms. The first kappa shape index (κ1) is 28.0. The molecule has 4 heterocycles. The molecule has 222 valence electrons. The van der Waals surface area contributed by atoms with E-state index < -0.39 is 11.1 Å². The van der Waals surface area contributed by atoms with Crippen molar-refractivity contribution in [1.29, 1.82) is 0 Å². The maximum Gasteiger partial charge on any atom is 0.318 e. The van der Waals surface area contributed by atoms with Gasteiger partial charge in [-0.2, -0.15) is 9.97 Å². The molecular formula is C33H40BrFN6O. The van der Waals surface area contributed by atoms with E-state index in [9.17, 15) is 0 Å². The molecule has 1 aliphatic carbocycles. The molecule has 1 saturated carbocycles. The van der Waals surface area contributed by atoms with Gasteiger partial charge in [-0.25, -0.2) is 4.39 Å². The summed E-state index contributed by atoms with van der Waals surface area (Å²) in [6.07, 6.45) is 3.68. The summed E-state index contributed by atoms with van der Waals surface area (Å²) < 4.78 is 23.3. The summed E-state index contributed by atoms with van der Waals surface area (Å²) in [6, 6.07) is 14.1. The molecule has 1 N–H and O–H groups in total. The number of allylic oxidation sites excluding steroid dienone is 1. The second-order valence-electron chi connectivity index (χ2n) is 13.1. The first-order chi connectivity index (χ1) is 20.2. The molecule has 3 fully saturated rings. The third-order valence-electron chi connectivity index (χ3n) is 9.78. The largest absolute Gasteiger partial charge is 0.463 e. The van der Waals surface area contributed by atoms with Crippen molar-refractivity contribution in [1.82, 2.24) is 20.2 Å². The number of nitrogens with zero attached hydrogens (tertiary/aromatic N) is 5. The van der Waals surface area contributed by atoms with Crippen LogP contribution >= 0.6 is 15.9 Å². The zero-order valence-electron chi connectivity index (χ0n) is 24.8. The van der Waals surface area contributed by atoms with E-state index in [1.54, 1.807) is 6.92 Å². The fraction of sp³-hybridized carbons (Fsp3) is 0.515. The van der Waals surface area contributed by atoms with Crippen LogP contribution in [0.15, 0.2) is 53.0 Å². The van der Waals surface area contributed by atoms with E-state index in [0.717, 1.165) is 42.0 Å². The highest BCUT2D eigenvalue weighted by molar-refractivity contribution is 9.10. The van der Waals surface area contributed by atoms with E-state index in [2.05, 4.69) is 74.0 Å². The van der Waals surface area contributed by atoms with Crippen LogP contribution in [0.2, 0.25) is 0 Å².